The second-order valence-electron chi connectivity index (χ2n) is 6.80. The summed E-state index contributed by atoms with van der Waals surface area (Å²) in [5, 5.41) is 8.90. The van der Waals surface area contributed by atoms with Crippen LogP contribution in [0.3, 0.4) is 0 Å². The van der Waals surface area contributed by atoms with Crippen LogP contribution in [-0.4, -0.2) is 59.5 Å². The Morgan fingerprint density at radius 3 is 2.67 bits per heavy atom. The van der Waals surface area contributed by atoms with Crippen molar-refractivity contribution < 1.29 is 14.7 Å². The summed E-state index contributed by atoms with van der Waals surface area (Å²) in [5.41, 5.74) is 2.45. The van der Waals surface area contributed by atoms with E-state index in [1.165, 1.54) is 11.1 Å². The fraction of sp³-hybridized carbons (Fsp3) is 0.556. The summed E-state index contributed by atoms with van der Waals surface area (Å²) >= 11 is 3.49. The molecule has 1 fully saturated rings. The van der Waals surface area contributed by atoms with E-state index < -0.39 is 5.97 Å². The third-order valence-electron chi connectivity index (χ3n) is 5.27. The van der Waals surface area contributed by atoms with Crippen molar-refractivity contribution in [3.05, 3.63) is 33.8 Å². The number of rotatable bonds is 4. The van der Waals surface area contributed by atoms with Crippen molar-refractivity contribution in [1.82, 2.24) is 9.80 Å². The Morgan fingerprint density at radius 1 is 1.29 bits per heavy atom. The average molecular weight is 395 g/mol. The lowest BCUT2D eigenvalue weighted by Gasteiger charge is -2.37. The second kappa shape index (κ2) is 7.23. The summed E-state index contributed by atoms with van der Waals surface area (Å²) in [4.78, 5) is 27.6. The van der Waals surface area contributed by atoms with Gasteiger partial charge in [0, 0.05) is 23.6 Å². The topological polar surface area (TPSA) is 60.9 Å². The molecule has 1 N–H and O–H groups in total. The lowest BCUT2D eigenvalue weighted by Crippen LogP contribution is -2.47. The van der Waals surface area contributed by atoms with E-state index in [0.717, 1.165) is 43.2 Å². The van der Waals surface area contributed by atoms with Gasteiger partial charge in [0.05, 0.1) is 12.5 Å². The first-order valence-electron chi connectivity index (χ1n) is 8.45. The van der Waals surface area contributed by atoms with Crippen molar-refractivity contribution >= 4 is 27.8 Å². The Hall–Kier alpha value is -1.40. The lowest BCUT2D eigenvalue weighted by atomic mass is 9.97. The van der Waals surface area contributed by atoms with Crippen LogP contribution in [0.5, 0.6) is 0 Å². The predicted octanol–water partition coefficient (Wildman–Crippen LogP) is 2.49. The molecule has 1 aromatic carbocycles. The number of aliphatic carboxylic acids is 1. The molecule has 1 heterocycles. The van der Waals surface area contributed by atoms with E-state index >= 15 is 0 Å². The minimum absolute atomic E-state index is 0.0126. The fourth-order valence-electron chi connectivity index (χ4n) is 3.93. The van der Waals surface area contributed by atoms with Crippen LogP contribution in [0.25, 0.3) is 0 Å². The van der Waals surface area contributed by atoms with Crippen LogP contribution >= 0.6 is 15.9 Å². The van der Waals surface area contributed by atoms with Gasteiger partial charge in [-0.2, -0.15) is 0 Å². The number of likely N-dealkylation sites (N-methyl/N-ethyl adjacent to an activating group) is 1. The number of benzene rings is 1. The first kappa shape index (κ1) is 17.4. The summed E-state index contributed by atoms with van der Waals surface area (Å²) in [6, 6.07) is 6.45. The van der Waals surface area contributed by atoms with Gasteiger partial charge in [0.25, 0.3) is 0 Å². The van der Waals surface area contributed by atoms with Gasteiger partial charge in [-0.3, -0.25) is 14.5 Å². The van der Waals surface area contributed by atoms with E-state index in [4.69, 9.17) is 5.11 Å². The average Bonchev–Trinajstić information content (AvgIpc) is 2.96. The number of carboxylic acids is 1. The van der Waals surface area contributed by atoms with Crippen LogP contribution in [0.4, 0.5) is 0 Å². The van der Waals surface area contributed by atoms with Crippen molar-refractivity contribution in [3.8, 4) is 0 Å². The molecule has 2 aliphatic rings. The quantitative estimate of drug-likeness (QED) is 0.851. The molecular formula is C18H23BrN2O3. The number of likely N-dealkylation sites (tertiary alicyclic amines) is 1. The van der Waals surface area contributed by atoms with Gasteiger partial charge in [-0.25, -0.2) is 0 Å². The van der Waals surface area contributed by atoms with Gasteiger partial charge in [0.2, 0.25) is 5.91 Å². The SMILES string of the molecule is CN(CC(=O)O)C1CCN(C(=O)C2CCc3cc(Br)ccc32)CC1. The van der Waals surface area contributed by atoms with Gasteiger partial charge in [0.1, 0.15) is 0 Å². The van der Waals surface area contributed by atoms with Crippen molar-refractivity contribution in [2.75, 3.05) is 26.7 Å². The molecule has 24 heavy (non-hydrogen) atoms. The van der Waals surface area contributed by atoms with E-state index in [1.54, 1.807) is 0 Å². The van der Waals surface area contributed by atoms with E-state index in [2.05, 4.69) is 28.1 Å². The molecule has 3 rings (SSSR count). The molecule has 1 aliphatic heterocycles. The minimum Gasteiger partial charge on any atom is -0.480 e. The third-order valence-corrected chi connectivity index (χ3v) is 5.76. The summed E-state index contributed by atoms with van der Waals surface area (Å²) in [6.45, 7) is 1.50. The second-order valence-corrected chi connectivity index (χ2v) is 7.72. The molecule has 6 heteroatoms. The van der Waals surface area contributed by atoms with Gasteiger partial charge in [-0.05, 0) is 56.0 Å². The Labute approximate surface area is 150 Å². The molecule has 5 nitrogen and oxygen atoms in total. The van der Waals surface area contributed by atoms with E-state index in [0.29, 0.717) is 0 Å². The number of hydrogen-bond donors (Lipinski definition) is 1. The molecule has 1 aliphatic carbocycles. The largest absolute Gasteiger partial charge is 0.480 e. The highest BCUT2D eigenvalue weighted by molar-refractivity contribution is 9.10. The normalized spacial score (nSPS) is 21.1. The van der Waals surface area contributed by atoms with Crippen LogP contribution in [-0.2, 0) is 16.0 Å². The summed E-state index contributed by atoms with van der Waals surface area (Å²) < 4.78 is 1.07. The zero-order valence-electron chi connectivity index (χ0n) is 13.9. The third kappa shape index (κ3) is 3.64. The molecule has 1 atom stereocenters. The maximum absolute atomic E-state index is 12.9. The van der Waals surface area contributed by atoms with E-state index in [1.807, 2.05) is 22.9 Å². The number of aryl methyl sites for hydroxylation is 1. The predicted molar refractivity (Wildman–Crippen MR) is 95.1 cm³/mol. The number of carbonyl (C=O) groups excluding carboxylic acids is 1. The molecule has 0 bridgehead atoms. The molecule has 1 amide bonds. The summed E-state index contributed by atoms with van der Waals surface area (Å²) in [7, 11) is 1.85. The number of amides is 1. The summed E-state index contributed by atoms with van der Waals surface area (Å²) in [6.07, 6.45) is 3.54. The van der Waals surface area contributed by atoms with Crippen molar-refractivity contribution in [3.63, 3.8) is 0 Å². The monoisotopic (exact) mass is 394 g/mol. The summed E-state index contributed by atoms with van der Waals surface area (Å²) in [5.74, 6) is -0.582. The Bertz CT molecular complexity index is 641. The molecule has 0 aromatic heterocycles. The van der Waals surface area contributed by atoms with Gasteiger partial charge in [-0.15, -0.1) is 0 Å². The van der Waals surface area contributed by atoms with Crippen LogP contribution in [0, 0.1) is 0 Å². The number of hydrogen-bond acceptors (Lipinski definition) is 3. The van der Waals surface area contributed by atoms with Crippen LogP contribution in [0.1, 0.15) is 36.3 Å². The Kier molecular flexibility index (Phi) is 5.25. The number of halogens is 1. The first-order chi connectivity index (χ1) is 11.5. The van der Waals surface area contributed by atoms with Crippen LogP contribution in [0.15, 0.2) is 22.7 Å². The Balaban J connectivity index is 1.60. The van der Waals surface area contributed by atoms with Crippen molar-refractivity contribution in [2.45, 2.75) is 37.6 Å². The minimum atomic E-state index is -0.801. The molecule has 0 radical (unpaired) electrons. The van der Waals surface area contributed by atoms with Gasteiger partial charge < -0.3 is 10.0 Å². The molecule has 1 unspecified atom stereocenters. The van der Waals surface area contributed by atoms with Crippen molar-refractivity contribution in [1.29, 1.82) is 0 Å². The van der Waals surface area contributed by atoms with E-state index in [9.17, 15) is 9.59 Å². The highest BCUT2D eigenvalue weighted by Crippen LogP contribution is 2.36. The number of piperidine rings is 1. The van der Waals surface area contributed by atoms with Crippen LogP contribution < -0.4 is 0 Å². The maximum atomic E-state index is 12.9. The van der Waals surface area contributed by atoms with Gasteiger partial charge in [-0.1, -0.05) is 22.0 Å². The molecule has 1 saturated heterocycles. The number of nitrogens with zero attached hydrogens (tertiary/aromatic N) is 2. The number of carboxylic acid groups (broad SMARTS) is 1. The molecule has 0 saturated carbocycles. The molecule has 0 spiro atoms. The Morgan fingerprint density at radius 2 is 2.00 bits per heavy atom. The molecule has 130 valence electrons. The standard InChI is InChI=1S/C18H23BrN2O3/c1-20(11-17(22)23)14-6-8-21(9-7-14)18(24)16-4-2-12-10-13(19)3-5-15(12)16/h3,5,10,14,16H,2,4,6-9,11H2,1H3,(H,22,23). The van der Waals surface area contributed by atoms with Gasteiger partial charge >= 0.3 is 5.97 Å². The first-order valence-corrected chi connectivity index (χ1v) is 9.24. The smallest absolute Gasteiger partial charge is 0.317 e. The van der Waals surface area contributed by atoms with Crippen molar-refractivity contribution in [2.24, 2.45) is 0 Å². The maximum Gasteiger partial charge on any atom is 0.317 e. The molecule has 1 aromatic rings. The zero-order chi connectivity index (χ0) is 17.3. The highest BCUT2D eigenvalue weighted by atomic mass is 79.9. The van der Waals surface area contributed by atoms with E-state index in [-0.39, 0.29) is 24.4 Å². The lowest BCUT2D eigenvalue weighted by molar-refractivity contribution is -0.140. The number of fused-ring (bicyclic) bond motifs is 1. The van der Waals surface area contributed by atoms with Gasteiger partial charge in [0.15, 0.2) is 0 Å². The zero-order valence-corrected chi connectivity index (χ0v) is 15.5. The molecular weight excluding hydrogens is 372 g/mol. The fourth-order valence-corrected chi connectivity index (χ4v) is 4.34. The van der Waals surface area contributed by atoms with Crippen LogP contribution in [0.2, 0.25) is 0 Å². The number of carbonyl (C=O) groups is 2. The highest BCUT2D eigenvalue weighted by Gasteiger charge is 2.34.